The van der Waals surface area contributed by atoms with Crippen LogP contribution in [0.25, 0.3) is 22.2 Å². The van der Waals surface area contributed by atoms with E-state index in [4.69, 9.17) is 4.74 Å². The van der Waals surface area contributed by atoms with Crippen LogP contribution in [0.3, 0.4) is 0 Å². The molecule has 2 atom stereocenters. The first-order valence-corrected chi connectivity index (χ1v) is 12.7. The van der Waals surface area contributed by atoms with Gasteiger partial charge >= 0.3 is 5.97 Å². The highest BCUT2D eigenvalue weighted by Gasteiger charge is 2.47. The van der Waals surface area contributed by atoms with Gasteiger partial charge in [0, 0.05) is 24.0 Å². The molecule has 7 nitrogen and oxygen atoms in total. The SMILES string of the molecule is CCn1c(-c2ccccc2)c(C(=O)COC(=O)CCN2C(=O)[C@H]3CCCC[C@H]3C2=O)c2ccccc21. The van der Waals surface area contributed by atoms with Gasteiger partial charge in [-0.05, 0) is 31.4 Å². The summed E-state index contributed by atoms with van der Waals surface area (Å²) in [5, 5.41) is 0.815. The summed E-state index contributed by atoms with van der Waals surface area (Å²) in [6, 6.07) is 17.4. The van der Waals surface area contributed by atoms with Crippen molar-refractivity contribution >= 4 is 34.5 Å². The van der Waals surface area contributed by atoms with Gasteiger partial charge in [-0.1, -0.05) is 61.4 Å². The second kappa shape index (κ2) is 10.1. The zero-order chi connectivity index (χ0) is 25.2. The number of ether oxygens (including phenoxy) is 1. The highest BCUT2D eigenvalue weighted by atomic mass is 16.5. The number of imide groups is 1. The molecule has 36 heavy (non-hydrogen) atoms. The number of nitrogens with zero attached hydrogens (tertiary/aromatic N) is 2. The van der Waals surface area contributed by atoms with E-state index in [-0.39, 0.29) is 42.4 Å². The molecule has 2 aliphatic rings. The molecule has 1 saturated heterocycles. The normalized spacial score (nSPS) is 19.5. The molecule has 0 bridgehead atoms. The van der Waals surface area contributed by atoms with Gasteiger partial charge in [-0.2, -0.15) is 0 Å². The fourth-order valence-electron chi connectivity index (χ4n) is 5.76. The van der Waals surface area contributed by atoms with Crippen molar-refractivity contribution in [3.8, 4) is 11.3 Å². The first kappa shape index (κ1) is 24.0. The Bertz CT molecular complexity index is 1300. The van der Waals surface area contributed by atoms with Crippen molar-refractivity contribution in [1.82, 2.24) is 9.47 Å². The van der Waals surface area contributed by atoms with Gasteiger partial charge in [-0.3, -0.25) is 24.1 Å². The third kappa shape index (κ3) is 4.23. The highest BCUT2D eigenvalue weighted by Crippen LogP contribution is 2.38. The second-order valence-electron chi connectivity index (χ2n) is 9.51. The molecule has 7 heteroatoms. The van der Waals surface area contributed by atoms with Crippen molar-refractivity contribution in [2.45, 2.75) is 45.6 Å². The fourth-order valence-corrected chi connectivity index (χ4v) is 5.76. The molecule has 1 aliphatic carbocycles. The van der Waals surface area contributed by atoms with E-state index in [1.54, 1.807) is 0 Å². The molecule has 2 aromatic carbocycles. The number of rotatable bonds is 8. The monoisotopic (exact) mass is 486 g/mol. The quantitative estimate of drug-likeness (QED) is 0.264. The lowest BCUT2D eigenvalue weighted by molar-refractivity contribution is -0.145. The Labute approximate surface area is 210 Å². The number of aryl methyl sites for hydroxylation is 1. The minimum absolute atomic E-state index is 0.00208. The number of benzene rings is 2. The van der Waals surface area contributed by atoms with Gasteiger partial charge in [0.15, 0.2) is 6.61 Å². The number of carbonyl (C=O) groups is 4. The molecule has 0 radical (unpaired) electrons. The molecule has 5 rings (SSSR count). The lowest BCUT2D eigenvalue weighted by atomic mass is 9.81. The smallest absolute Gasteiger partial charge is 0.308 e. The molecule has 1 aromatic heterocycles. The fraction of sp³-hybridized carbons (Fsp3) is 0.379. The van der Waals surface area contributed by atoms with Gasteiger partial charge in [-0.15, -0.1) is 0 Å². The molecule has 1 aliphatic heterocycles. The van der Waals surface area contributed by atoms with Crippen molar-refractivity contribution in [1.29, 1.82) is 0 Å². The van der Waals surface area contributed by atoms with Gasteiger partial charge in [0.25, 0.3) is 0 Å². The van der Waals surface area contributed by atoms with Crippen LogP contribution < -0.4 is 0 Å². The Balaban J connectivity index is 1.30. The molecule has 0 spiro atoms. The summed E-state index contributed by atoms with van der Waals surface area (Å²) in [5.74, 6) is -1.71. The Morgan fingerprint density at radius 3 is 2.22 bits per heavy atom. The van der Waals surface area contributed by atoms with Crippen LogP contribution in [-0.2, 0) is 25.7 Å². The zero-order valence-corrected chi connectivity index (χ0v) is 20.4. The Hall–Kier alpha value is -3.74. The molecule has 1 saturated carbocycles. The predicted molar refractivity (Wildman–Crippen MR) is 135 cm³/mol. The molecule has 2 amide bonds. The number of fused-ring (bicyclic) bond motifs is 2. The molecule has 186 valence electrons. The van der Waals surface area contributed by atoms with Crippen LogP contribution in [0.2, 0.25) is 0 Å². The molecule has 3 aromatic rings. The predicted octanol–water partition coefficient (Wildman–Crippen LogP) is 4.62. The van der Waals surface area contributed by atoms with E-state index in [1.165, 1.54) is 4.90 Å². The van der Waals surface area contributed by atoms with Crippen LogP contribution in [-0.4, -0.2) is 46.2 Å². The van der Waals surface area contributed by atoms with E-state index in [1.807, 2.05) is 61.5 Å². The summed E-state index contributed by atoms with van der Waals surface area (Å²) in [7, 11) is 0. The van der Waals surface area contributed by atoms with E-state index in [0.29, 0.717) is 12.1 Å². The lowest BCUT2D eigenvalue weighted by Crippen LogP contribution is -2.33. The largest absolute Gasteiger partial charge is 0.457 e. The van der Waals surface area contributed by atoms with Gasteiger partial charge < -0.3 is 9.30 Å². The maximum absolute atomic E-state index is 13.4. The topological polar surface area (TPSA) is 85.7 Å². The van der Waals surface area contributed by atoms with Crippen LogP contribution in [0.1, 0.15) is 49.4 Å². The molecule has 0 N–H and O–H groups in total. The van der Waals surface area contributed by atoms with Gasteiger partial charge in [0.1, 0.15) is 0 Å². The van der Waals surface area contributed by atoms with E-state index < -0.39 is 12.6 Å². The van der Waals surface area contributed by atoms with Crippen molar-refractivity contribution in [2.75, 3.05) is 13.2 Å². The van der Waals surface area contributed by atoms with Gasteiger partial charge in [-0.25, -0.2) is 0 Å². The molecule has 2 heterocycles. The van der Waals surface area contributed by atoms with Crippen molar-refractivity contribution < 1.29 is 23.9 Å². The van der Waals surface area contributed by atoms with E-state index in [2.05, 4.69) is 4.57 Å². The number of likely N-dealkylation sites (tertiary alicyclic amines) is 1. The summed E-state index contributed by atoms with van der Waals surface area (Å²) in [6.07, 6.45) is 3.27. The number of esters is 1. The first-order valence-electron chi connectivity index (χ1n) is 12.7. The summed E-state index contributed by atoms with van der Waals surface area (Å²) in [4.78, 5) is 52.4. The minimum atomic E-state index is -0.598. The van der Waals surface area contributed by atoms with Crippen LogP contribution >= 0.6 is 0 Å². The third-order valence-corrected chi connectivity index (χ3v) is 7.45. The van der Waals surface area contributed by atoms with E-state index in [9.17, 15) is 19.2 Å². The maximum Gasteiger partial charge on any atom is 0.308 e. The summed E-state index contributed by atoms with van der Waals surface area (Å²) >= 11 is 0. The van der Waals surface area contributed by atoms with Crippen LogP contribution in [0.15, 0.2) is 54.6 Å². The summed E-state index contributed by atoms with van der Waals surface area (Å²) in [5.41, 5.74) is 3.19. The van der Waals surface area contributed by atoms with E-state index >= 15 is 0 Å². The number of amides is 2. The average Bonchev–Trinajstić information content (AvgIpc) is 3.38. The summed E-state index contributed by atoms with van der Waals surface area (Å²) in [6.45, 7) is 2.31. The average molecular weight is 487 g/mol. The minimum Gasteiger partial charge on any atom is -0.457 e. The number of para-hydroxylation sites is 1. The Morgan fingerprint density at radius 1 is 0.917 bits per heavy atom. The second-order valence-corrected chi connectivity index (χ2v) is 9.51. The van der Waals surface area contributed by atoms with Gasteiger partial charge in [0.05, 0.1) is 29.5 Å². The molecule has 0 unspecified atom stereocenters. The lowest BCUT2D eigenvalue weighted by Gasteiger charge is -2.19. The van der Waals surface area contributed by atoms with Gasteiger partial charge in [0.2, 0.25) is 17.6 Å². The maximum atomic E-state index is 13.4. The number of hydrogen-bond donors (Lipinski definition) is 0. The standard InChI is InChI=1S/C29H30N2O5/c1-2-30-23-15-9-8-14-22(23)26(27(30)19-10-4-3-5-11-19)24(32)18-36-25(33)16-17-31-28(34)20-12-6-7-13-21(20)29(31)35/h3-5,8-11,14-15,20-21H,2,6-7,12-13,16-18H2,1H3/t20-,21+. The van der Waals surface area contributed by atoms with Crippen LogP contribution in [0, 0.1) is 11.8 Å². The van der Waals surface area contributed by atoms with E-state index in [0.717, 1.165) is 47.8 Å². The Morgan fingerprint density at radius 2 is 1.56 bits per heavy atom. The zero-order valence-electron chi connectivity index (χ0n) is 20.4. The number of carbonyl (C=O) groups excluding carboxylic acids is 4. The summed E-state index contributed by atoms with van der Waals surface area (Å²) < 4.78 is 7.44. The molecular weight excluding hydrogens is 456 g/mol. The van der Waals surface area contributed by atoms with Crippen molar-refractivity contribution in [3.05, 3.63) is 60.2 Å². The highest BCUT2D eigenvalue weighted by molar-refractivity contribution is 6.14. The van der Waals surface area contributed by atoms with Crippen molar-refractivity contribution in [2.24, 2.45) is 11.8 Å². The van der Waals surface area contributed by atoms with Crippen LogP contribution in [0.5, 0.6) is 0 Å². The Kier molecular flexibility index (Phi) is 6.72. The number of hydrogen-bond acceptors (Lipinski definition) is 5. The number of ketones is 1. The number of aromatic nitrogens is 1. The van der Waals surface area contributed by atoms with Crippen molar-refractivity contribution in [3.63, 3.8) is 0 Å². The van der Waals surface area contributed by atoms with Crippen LogP contribution in [0.4, 0.5) is 0 Å². The molecule has 2 fully saturated rings. The first-order chi connectivity index (χ1) is 17.5. The molecular formula is C29H30N2O5. The number of Topliss-reactive ketones (excluding diaryl/α,β-unsaturated/α-hetero) is 1. The third-order valence-electron chi connectivity index (χ3n) is 7.45.